The van der Waals surface area contributed by atoms with Crippen molar-refractivity contribution in [3.05, 3.63) is 59.6 Å². The van der Waals surface area contributed by atoms with E-state index in [4.69, 9.17) is 9.84 Å². The number of nitrogens with zero attached hydrogens (tertiary/aromatic N) is 5. The van der Waals surface area contributed by atoms with Gasteiger partial charge in [-0.2, -0.15) is 0 Å². The number of aliphatic hydroxyl groups excluding tert-OH is 2. The number of rotatable bonds is 7. The molecule has 1 atom stereocenters. The Hall–Kier alpha value is -2.80. The summed E-state index contributed by atoms with van der Waals surface area (Å²) in [6.45, 7) is -0.376. The number of pyridine rings is 2. The predicted octanol–water partition coefficient (Wildman–Crippen LogP) is 2.14. The van der Waals surface area contributed by atoms with Crippen LogP contribution in [0.5, 0.6) is 11.6 Å². The summed E-state index contributed by atoms with van der Waals surface area (Å²) in [5.74, 6) is 1.36. The van der Waals surface area contributed by atoms with E-state index in [0.717, 1.165) is 9.92 Å². The van der Waals surface area contributed by atoms with E-state index in [1.54, 1.807) is 35.7 Å². The first-order valence-electron chi connectivity index (χ1n) is 8.87. The first-order chi connectivity index (χ1) is 14.6. The number of H-pyrrole nitrogens is 1. The Labute approximate surface area is 180 Å². The summed E-state index contributed by atoms with van der Waals surface area (Å²) in [5, 5.41) is 19.7. The van der Waals surface area contributed by atoms with Gasteiger partial charge in [0.2, 0.25) is 0 Å². The second kappa shape index (κ2) is 9.35. The number of aromatic amines is 1. The third-order valence-electron chi connectivity index (χ3n) is 3.94. The molecule has 12 heteroatoms. The number of ether oxygens (including phenoxy) is 1. The van der Waals surface area contributed by atoms with Crippen molar-refractivity contribution in [3.8, 4) is 11.6 Å². The molecule has 1 unspecified atom stereocenters. The molecule has 9 nitrogen and oxygen atoms in total. The molecule has 152 valence electrons. The fraction of sp³-hybridized carbons (Fsp3) is 0.167. The van der Waals surface area contributed by atoms with E-state index in [9.17, 15) is 5.11 Å². The zero-order valence-electron chi connectivity index (χ0n) is 15.8. The van der Waals surface area contributed by atoms with Crippen LogP contribution in [-0.2, 0) is 7.05 Å². The molecule has 0 saturated carbocycles. The van der Waals surface area contributed by atoms with Gasteiger partial charge in [0.15, 0.2) is 0 Å². The van der Waals surface area contributed by atoms with Crippen LogP contribution >= 0.6 is 22.9 Å². The van der Waals surface area contributed by atoms with Crippen LogP contribution in [0, 0.1) is 0 Å². The fourth-order valence-electron chi connectivity index (χ4n) is 2.43. The van der Waals surface area contributed by atoms with Crippen molar-refractivity contribution in [1.82, 2.24) is 24.5 Å². The molecular formula is C18H17BN6O3S2. The molecule has 4 heterocycles. The molecule has 0 aromatic carbocycles. The van der Waals surface area contributed by atoms with E-state index in [-0.39, 0.29) is 6.61 Å². The molecular weight excluding hydrogens is 423 g/mol. The zero-order chi connectivity index (χ0) is 20.9. The van der Waals surface area contributed by atoms with Gasteiger partial charge in [0.05, 0.1) is 0 Å². The van der Waals surface area contributed by atoms with Crippen LogP contribution in [0.4, 0.5) is 5.82 Å². The SMILES string of the molecule is Cn1cncc1Oc1cc(Sc2ccccn2)cnc1/N=c1/[nH]c(C(O)CO)bs1. The van der Waals surface area contributed by atoms with Gasteiger partial charge < -0.3 is 0 Å². The Morgan fingerprint density at radius 1 is 1.37 bits per heavy atom. The van der Waals surface area contributed by atoms with Crippen LogP contribution in [0.15, 0.2) is 64.1 Å². The van der Waals surface area contributed by atoms with Crippen molar-refractivity contribution in [1.29, 1.82) is 0 Å². The van der Waals surface area contributed by atoms with E-state index in [2.05, 4.69) is 24.9 Å². The Morgan fingerprint density at radius 3 is 3.00 bits per heavy atom. The summed E-state index contributed by atoms with van der Waals surface area (Å²) in [6.07, 6.45) is 7.40. The van der Waals surface area contributed by atoms with Gasteiger partial charge in [-0.25, -0.2) is 0 Å². The normalized spacial score (nSPS) is 12.7. The minimum absolute atomic E-state index is 0.365. The number of aliphatic hydroxyl groups is 2. The van der Waals surface area contributed by atoms with Gasteiger partial charge in [0.25, 0.3) is 0 Å². The van der Waals surface area contributed by atoms with E-state index in [1.165, 1.54) is 22.9 Å². The molecule has 0 amide bonds. The molecule has 0 saturated heterocycles. The number of imidazole rings is 1. The van der Waals surface area contributed by atoms with Gasteiger partial charge in [-0.15, -0.1) is 0 Å². The van der Waals surface area contributed by atoms with Gasteiger partial charge >= 0.3 is 180 Å². The van der Waals surface area contributed by atoms with Crippen molar-refractivity contribution < 1.29 is 14.9 Å². The van der Waals surface area contributed by atoms with Gasteiger partial charge in [-0.05, 0) is 0 Å². The average molecular weight is 440 g/mol. The minimum atomic E-state index is -0.986. The van der Waals surface area contributed by atoms with Gasteiger partial charge in [0.1, 0.15) is 0 Å². The van der Waals surface area contributed by atoms with E-state index in [0.29, 0.717) is 27.8 Å². The van der Waals surface area contributed by atoms with Crippen molar-refractivity contribution in [2.75, 3.05) is 6.61 Å². The third kappa shape index (κ3) is 4.85. The summed E-state index contributed by atoms with van der Waals surface area (Å²) < 4.78 is 7.76. The van der Waals surface area contributed by atoms with Crippen molar-refractivity contribution in [2.45, 2.75) is 16.0 Å². The molecule has 0 bridgehead atoms. The third-order valence-corrected chi connectivity index (χ3v) is 5.64. The number of nitrogens with one attached hydrogen (secondary N) is 1. The van der Waals surface area contributed by atoms with Crippen molar-refractivity contribution >= 4 is 34.9 Å². The summed E-state index contributed by atoms with van der Waals surface area (Å²) >= 11 is 2.75. The number of aromatic nitrogens is 5. The maximum atomic E-state index is 9.77. The molecule has 0 aliphatic heterocycles. The van der Waals surface area contributed by atoms with Crippen LogP contribution < -0.4 is 9.54 Å². The second-order valence-corrected chi connectivity index (χ2v) is 8.09. The quantitative estimate of drug-likeness (QED) is 0.403. The summed E-state index contributed by atoms with van der Waals surface area (Å²) in [5.41, 5.74) is 0.484. The molecule has 4 aromatic heterocycles. The Bertz CT molecular complexity index is 1190. The standard InChI is InChI=1S/C18H17BN6O3S2/c1-25-10-20-8-15(25)28-13-6-11(29-14-4-2-3-5-21-14)7-22-17(13)24-18-23-16(19-30-18)12(27)9-26/h2-8,10,12,26-27H,9H2,1H3,(H,22,23,24). The van der Waals surface area contributed by atoms with Crippen molar-refractivity contribution in [2.24, 2.45) is 12.0 Å². The number of hydrogen-bond donors (Lipinski definition) is 3. The monoisotopic (exact) mass is 440 g/mol. The van der Waals surface area contributed by atoms with Crippen LogP contribution in [0.25, 0.3) is 0 Å². The number of aryl methyl sites for hydroxylation is 1. The number of hydrogen-bond acceptors (Lipinski definition) is 9. The molecule has 0 aliphatic carbocycles. The first-order valence-corrected chi connectivity index (χ1v) is 10.6. The molecule has 4 aromatic rings. The van der Waals surface area contributed by atoms with Gasteiger partial charge in [0, 0.05) is 0 Å². The first kappa shape index (κ1) is 20.5. The Balaban J connectivity index is 1.70. The summed E-state index contributed by atoms with van der Waals surface area (Å²) in [4.78, 5) is 21.7. The topological polar surface area (TPSA) is 121 Å². The average Bonchev–Trinajstić information content (AvgIpc) is 3.39. The molecule has 0 spiro atoms. The zero-order valence-corrected chi connectivity index (χ0v) is 17.5. The summed E-state index contributed by atoms with van der Waals surface area (Å²) in [6, 6.07) is 7.54. The van der Waals surface area contributed by atoms with Crippen molar-refractivity contribution in [3.63, 3.8) is 0 Å². The van der Waals surface area contributed by atoms with E-state index in [1.807, 2.05) is 31.3 Å². The molecule has 30 heavy (non-hydrogen) atoms. The fourth-order valence-corrected chi connectivity index (χ4v) is 3.97. The second-order valence-electron chi connectivity index (χ2n) is 6.14. The van der Waals surface area contributed by atoms with Crippen LogP contribution in [0.3, 0.4) is 0 Å². The molecule has 0 radical (unpaired) electrons. The molecule has 0 fully saturated rings. The predicted molar refractivity (Wildman–Crippen MR) is 113 cm³/mol. The van der Waals surface area contributed by atoms with E-state index < -0.39 is 6.10 Å². The van der Waals surface area contributed by atoms with Gasteiger partial charge in [-0.1, -0.05) is 0 Å². The Morgan fingerprint density at radius 2 is 2.27 bits per heavy atom. The summed E-state index contributed by atoms with van der Waals surface area (Å²) in [7, 11) is 1.83. The van der Waals surface area contributed by atoms with Gasteiger partial charge in [-0.3, -0.25) is 0 Å². The molecule has 4 rings (SSSR count). The van der Waals surface area contributed by atoms with E-state index >= 15 is 0 Å². The molecule has 3 N–H and O–H groups in total. The molecule has 0 aliphatic rings. The van der Waals surface area contributed by atoms with Crippen LogP contribution in [-0.4, -0.2) is 47.5 Å². The Kier molecular flexibility index (Phi) is 6.38. The maximum absolute atomic E-state index is 9.77. The van der Waals surface area contributed by atoms with Crippen LogP contribution in [0.1, 0.15) is 11.7 Å². The van der Waals surface area contributed by atoms with Crippen LogP contribution in [0.2, 0.25) is 0 Å².